The number of nitrogens with one attached hydrogen (secondary N) is 1. The van der Waals surface area contributed by atoms with Crippen molar-refractivity contribution in [1.29, 1.82) is 0 Å². The Morgan fingerprint density at radius 2 is 1.37 bits per heavy atom. The van der Waals surface area contributed by atoms with Crippen LogP contribution in [-0.2, 0) is 0 Å². The predicted octanol–water partition coefficient (Wildman–Crippen LogP) is 9.47. The third-order valence-electron chi connectivity index (χ3n) is 6.98. The van der Waals surface area contributed by atoms with Crippen LogP contribution in [0, 0.1) is 6.92 Å². The highest BCUT2D eigenvalue weighted by atomic mass is 16.5. The Balaban J connectivity index is 1.52. The van der Waals surface area contributed by atoms with Gasteiger partial charge >= 0.3 is 0 Å². The highest BCUT2D eigenvalue weighted by Gasteiger charge is 2.17. The Labute approximate surface area is 228 Å². The van der Waals surface area contributed by atoms with Crippen LogP contribution in [0.15, 0.2) is 84.9 Å². The molecular weight excluding hydrogens is 466 g/mol. The summed E-state index contributed by atoms with van der Waals surface area (Å²) in [6, 6.07) is 29.7. The molecule has 0 unspecified atom stereocenters. The molecule has 3 nitrogen and oxygen atoms in total. The summed E-state index contributed by atoms with van der Waals surface area (Å²) in [4.78, 5) is 0. The van der Waals surface area contributed by atoms with E-state index in [1.54, 1.807) is 7.11 Å². The van der Waals surface area contributed by atoms with Gasteiger partial charge in [-0.05, 0) is 54.0 Å². The van der Waals surface area contributed by atoms with Crippen molar-refractivity contribution < 1.29 is 9.47 Å². The monoisotopic (exact) mass is 507 g/mol. The zero-order valence-electron chi connectivity index (χ0n) is 23.7. The number of aryl methyl sites for hydroxylation is 1. The van der Waals surface area contributed by atoms with Crippen molar-refractivity contribution in [3.63, 3.8) is 0 Å². The summed E-state index contributed by atoms with van der Waals surface area (Å²) in [5.41, 5.74) is 9.54. The minimum Gasteiger partial charge on any atom is -0.495 e. The summed E-state index contributed by atoms with van der Waals surface area (Å²) in [6.45, 7) is 12.6. The van der Waals surface area contributed by atoms with Gasteiger partial charge in [-0.1, -0.05) is 106 Å². The van der Waals surface area contributed by atoms with Crippen molar-refractivity contribution in [2.45, 2.75) is 52.9 Å². The first-order chi connectivity index (χ1) is 18.4. The number of rotatable bonds is 11. The first kappa shape index (κ1) is 27.3. The van der Waals surface area contributed by atoms with E-state index in [1.807, 2.05) is 6.07 Å². The fraction of sp³-hybridized carbons (Fsp3) is 0.314. The Bertz CT molecular complexity index is 1320. The number of anilines is 1. The van der Waals surface area contributed by atoms with E-state index >= 15 is 0 Å². The molecule has 0 bridgehead atoms. The standard InChI is InChI=1S/C35H41NO2/c1-24(2)28-15-10-16-29(25(3)4)34(28)36-21-12-22-38-33-20-19-26(5)23-32(33)31-18-11-17-30(35(31)37-6)27-13-8-7-9-14-27/h7-11,13-20,23-25,36H,12,21-22H2,1-6H3. The van der Waals surface area contributed by atoms with Gasteiger partial charge < -0.3 is 14.8 Å². The normalized spacial score (nSPS) is 11.2. The third kappa shape index (κ3) is 6.22. The van der Waals surface area contributed by atoms with Gasteiger partial charge in [0.2, 0.25) is 0 Å². The van der Waals surface area contributed by atoms with Gasteiger partial charge in [-0.15, -0.1) is 0 Å². The number of hydrogen-bond acceptors (Lipinski definition) is 3. The first-order valence-electron chi connectivity index (χ1n) is 13.7. The van der Waals surface area contributed by atoms with Gasteiger partial charge in [0.25, 0.3) is 0 Å². The first-order valence-corrected chi connectivity index (χ1v) is 13.7. The number of hydrogen-bond donors (Lipinski definition) is 1. The van der Waals surface area contributed by atoms with Crippen molar-refractivity contribution in [1.82, 2.24) is 0 Å². The molecule has 0 spiro atoms. The van der Waals surface area contributed by atoms with Crippen molar-refractivity contribution in [2.75, 3.05) is 25.6 Å². The zero-order valence-corrected chi connectivity index (χ0v) is 23.7. The maximum atomic E-state index is 6.39. The summed E-state index contributed by atoms with van der Waals surface area (Å²) < 4.78 is 12.4. The molecule has 0 saturated heterocycles. The summed E-state index contributed by atoms with van der Waals surface area (Å²) in [5.74, 6) is 2.69. The van der Waals surface area contributed by atoms with Gasteiger partial charge in [-0.3, -0.25) is 0 Å². The molecule has 4 rings (SSSR count). The molecular formula is C35H41NO2. The van der Waals surface area contributed by atoms with Crippen LogP contribution in [0.2, 0.25) is 0 Å². The largest absolute Gasteiger partial charge is 0.495 e. The van der Waals surface area contributed by atoms with Gasteiger partial charge in [0.1, 0.15) is 11.5 Å². The zero-order chi connectivity index (χ0) is 27.1. The lowest BCUT2D eigenvalue weighted by molar-refractivity contribution is 0.316. The Morgan fingerprint density at radius 3 is 2.03 bits per heavy atom. The van der Waals surface area contributed by atoms with Crippen molar-refractivity contribution >= 4 is 5.69 Å². The summed E-state index contributed by atoms with van der Waals surface area (Å²) in [7, 11) is 1.74. The molecule has 3 heteroatoms. The van der Waals surface area contributed by atoms with Crippen molar-refractivity contribution in [3.8, 4) is 33.8 Å². The Hall–Kier alpha value is -3.72. The minimum absolute atomic E-state index is 0.476. The van der Waals surface area contributed by atoms with E-state index in [4.69, 9.17) is 9.47 Å². The molecule has 0 atom stereocenters. The lowest BCUT2D eigenvalue weighted by Gasteiger charge is -2.21. The SMILES string of the molecule is COc1c(-c2ccccc2)cccc1-c1cc(C)ccc1OCCCNc1c(C(C)C)cccc1C(C)C. The molecule has 4 aromatic carbocycles. The van der Waals surface area contributed by atoms with Crippen LogP contribution in [0.3, 0.4) is 0 Å². The van der Waals surface area contributed by atoms with Crippen LogP contribution < -0.4 is 14.8 Å². The van der Waals surface area contributed by atoms with Gasteiger partial charge in [0.05, 0.1) is 13.7 Å². The molecule has 38 heavy (non-hydrogen) atoms. The number of para-hydroxylation sites is 2. The molecule has 0 radical (unpaired) electrons. The molecule has 0 saturated carbocycles. The Morgan fingerprint density at radius 1 is 0.711 bits per heavy atom. The fourth-order valence-corrected chi connectivity index (χ4v) is 5.02. The summed E-state index contributed by atoms with van der Waals surface area (Å²) in [6.07, 6.45) is 0.901. The molecule has 0 amide bonds. The molecule has 4 aromatic rings. The predicted molar refractivity (Wildman–Crippen MR) is 162 cm³/mol. The van der Waals surface area contributed by atoms with Crippen LogP contribution in [0.25, 0.3) is 22.3 Å². The van der Waals surface area contributed by atoms with Crippen LogP contribution in [-0.4, -0.2) is 20.3 Å². The topological polar surface area (TPSA) is 30.5 Å². The lowest BCUT2D eigenvalue weighted by Crippen LogP contribution is -2.12. The van der Waals surface area contributed by atoms with Crippen LogP contribution >= 0.6 is 0 Å². The molecule has 0 heterocycles. The number of ether oxygens (including phenoxy) is 2. The van der Waals surface area contributed by atoms with Crippen LogP contribution in [0.5, 0.6) is 11.5 Å². The average Bonchev–Trinajstić information content (AvgIpc) is 2.93. The van der Waals surface area contributed by atoms with E-state index in [2.05, 4.69) is 119 Å². The minimum atomic E-state index is 0.476. The fourth-order valence-electron chi connectivity index (χ4n) is 5.02. The van der Waals surface area contributed by atoms with Gasteiger partial charge in [-0.2, -0.15) is 0 Å². The molecule has 0 aromatic heterocycles. The highest BCUT2D eigenvalue weighted by Crippen LogP contribution is 2.42. The smallest absolute Gasteiger partial charge is 0.134 e. The molecule has 0 aliphatic carbocycles. The van der Waals surface area contributed by atoms with Crippen molar-refractivity contribution in [2.24, 2.45) is 0 Å². The lowest BCUT2D eigenvalue weighted by atomic mass is 9.92. The second kappa shape index (κ2) is 12.7. The van der Waals surface area contributed by atoms with Crippen LogP contribution in [0.1, 0.15) is 62.6 Å². The van der Waals surface area contributed by atoms with Crippen molar-refractivity contribution in [3.05, 3.63) is 102 Å². The molecule has 1 N–H and O–H groups in total. The number of methoxy groups -OCH3 is 1. The third-order valence-corrected chi connectivity index (χ3v) is 6.98. The van der Waals surface area contributed by atoms with E-state index in [0.29, 0.717) is 18.4 Å². The highest BCUT2D eigenvalue weighted by molar-refractivity contribution is 5.85. The molecule has 0 aliphatic heterocycles. The van der Waals surface area contributed by atoms with E-state index in [9.17, 15) is 0 Å². The Kier molecular flexibility index (Phi) is 9.12. The van der Waals surface area contributed by atoms with E-state index in [-0.39, 0.29) is 0 Å². The summed E-state index contributed by atoms with van der Waals surface area (Å²) >= 11 is 0. The van der Waals surface area contributed by atoms with Crippen LogP contribution in [0.4, 0.5) is 5.69 Å². The quantitative estimate of drug-likeness (QED) is 0.205. The summed E-state index contributed by atoms with van der Waals surface area (Å²) in [5, 5.41) is 3.73. The van der Waals surface area contributed by atoms with Gasteiger partial charge in [-0.25, -0.2) is 0 Å². The second-order valence-corrected chi connectivity index (χ2v) is 10.5. The molecule has 198 valence electrons. The number of benzene rings is 4. The molecule has 0 aliphatic rings. The second-order valence-electron chi connectivity index (χ2n) is 10.5. The maximum absolute atomic E-state index is 6.39. The van der Waals surface area contributed by atoms with Gasteiger partial charge in [0.15, 0.2) is 0 Å². The van der Waals surface area contributed by atoms with E-state index < -0.39 is 0 Å². The molecule has 0 fully saturated rings. The van der Waals surface area contributed by atoms with E-state index in [0.717, 1.165) is 46.7 Å². The van der Waals surface area contributed by atoms with Gasteiger partial charge in [0, 0.05) is 28.9 Å². The van der Waals surface area contributed by atoms with E-state index in [1.165, 1.54) is 22.4 Å². The average molecular weight is 508 g/mol. The maximum Gasteiger partial charge on any atom is 0.134 e.